The molecule has 5 nitrogen and oxygen atoms in total. The summed E-state index contributed by atoms with van der Waals surface area (Å²) in [5.74, 6) is 1.05. The summed E-state index contributed by atoms with van der Waals surface area (Å²) in [4.78, 5) is 8.70. The summed E-state index contributed by atoms with van der Waals surface area (Å²) in [5.41, 5.74) is 8.95. The van der Waals surface area contributed by atoms with Gasteiger partial charge in [-0.05, 0) is 37.0 Å². The van der Waals surface area contributed by atoms with Crippen molar-refractivity contribution in [2.24, 2.45) is 0 Å². The number of aryl methyl sites for hydroxylation is 2. The Labute approximate surface area is 105 Å². The number of anilines is 1. The van der Waals surface area contributed by atoms with E-state index < -0.39 is 0 Å². The van der Waals surface area contributed by atoms with Gasteiger partial charge in [-0.3, -0.25) is 5.73 Å². The summed E-state index contributed by atoms with van der Waals surface area (Å²) in [6, 6.07) is 11.9. The monoisotopic (exact) mass is 240 g/mol. The van der Waals surface area contributed by atoms with E-state index in [4.69, 9.17) is 5.73 Å². The fourth-order valence-electron chi connectivity index (χ4n) is 2.15. The highest BCUT2D eigenvalue weighted by Gasteiger charge is 2.20. The number of para-hydroxylation sites is 1. The molecule has 0 aliphatic carbocycles. The number of nitrogen functional groups attached to an aromatic ring is 1. The molecule has 0 saturated carbocycles. The van der Waals surface area contributed by atoms with Gasteiger partial charge in [0.1, 0.15) is 5.69 Å². The lowest BCUT2D eigenvalue weighted by Gasteiger charge is -2.04. The highest BCUT2D eigenvalue weighted by atomic mass is 15.5. The van der Waals surface area contributed by atoms with Crippen molar-refractivity contribution in [2.45, 2.75) is 13.8 Å². The molecule has 18 heavy (non-hydrogen) atoms. The fraction of sp³-hybridized carbons (Fsp3) is 0.154. The summed E-state index contributed by atoms with van der Waals surface area (Å²) < 4.78 is 3.77. The third-order valence-electron chi connectivity index (χ3n) is 2.85. The maximum absolute atomic E-state index is 6.00. The van der Waals surface area contributed by atoms with Gasteiger partial charge in [-0.2, -0.15) is 9.50 Å². The standard InChI is InChI=1S/C13H13N5/c1-9-8-10(2)17-13(15-9)16-12(14)18(17)11-6-4-3-5-7-11/h3-8,14H,1-2H3/p+1. The first-order valence-electron chi connectivity index (χ1n) is 5.77. The van der Waals surface area contributed by atoms with Crippen LogP contribution in [0.2, 0.25) is 0 Å². The van der Waals surface area contributed by atoms with Gasteiger partial charge in [0, 0.05) is 5.69 Å². The van der Waals surface area contributed by atoms with Gasteiger partial charge in [0.15, 0.2) is 0 Å². The van der Waals surface area contributed by atoms with Crippen molar-refractivity contribution in [3.63, 3.8) is 0 Å². The van der Waals surface area contributed by atoms with Crippen LogP contribution in [0, 0.1) is 13.8 Å². The molecule has 0 amide bonds. The zero-order valence-electron chi connectivity index (χ0n) is 10.3. The second-order valence-electron chi connectivity index (χ2n) is 4.27. The van der Waals surface area contributed by atoms with Crippen LogP contribution in [0.4, 0.5) is 5.95 Å². The summed E-state index contributed by atoms with van der Waals surface area (Å²) >= 11 is 0. The summed E-state index contributed by atoms with van der Waals surface area (Å²) in [7, 11) is 0. The lowest BCUT2D eigenvalue weighted by atomic mass is 10.3. The van der Waals surface area contributed by atoms with Crippen LogP contribution in [-0.4, -0.2) is 14.5 Å². The van der Waals surface area contributed by atoms with Crippen molar-refractivity contribution in [3.05, 3.63) is 47.8 Å². The Hall–Kier alpha value is -2.43. The Bertz CT molecular complexity index is 715. The quantitative estimate of drug-likeness (QED) is 0.650. The van der Waals surface area contributed by atoms with Gasteiger partial charge >= 0.3 is 11.7 Å². The molecule has 0 fully saturated rings. The van der Waals surface area contributed by atoms with Crippen molar-refractivity contribution < 1.29 is 4.68 Å². The number of rotatable bonds is 1. The van der Waals surface area contributed by atoms with Crippen molar-refractivity contribution in [2.75, 3.05) is 5.73 Å². The minimum atomic E-state index is 0.433. The number of benzene rings is 1. The van der Waals surface area contributed by atoms with E-state index in [0.29, 0.717) is 11.7 Å². The summed E-state index contributed by atoms with van der Waals surface area (Å²) in [6.45, 7) is 3.97. The Balaban J connectivity index is 2.40. The molecule has 2 aromatic heterocycles. The number of nitrogens with zero attached hydrogens (tertiary/aromatic N) is 4. The fourth-order valence-corrected chi connectivity index (χ4v) is 2.15. The van der Waals surface area contributed by atoms with E-state index >= 15 is 0 Å². The third kappa shape index (κ3) is 1.52. The van der Waals surface area contributed by atoms with Crippen LogP contribution in [0.15, 0.2) is 36.4 Å². The van der Waals surface area contributed by atoms with E-state index in [-0.39, 0.29) is 0 Å². The highest BCUT2D eigenvalue weighted by Crippen LogP contribution is 2.08. The van der Waals surface area contributed by atoms with E-state index in [1.165, 1.54) is 0 Å². The molecule has 0 unspecified atom stereocenters. The van der Waals surface area contributed by atoms with E-state index in [0.717, 1.165) is 17.1 Å². The molecule has 90 valence electrons. The molecule has 0 atom stereocenters. The largest absolute Gasteiger partial charge is 0.416 e. The van der Waals surface area contributed by atoms with E-state index in [1.807, 2.05) is 59.4 Å². The van der Waals surface area contributed by atoms with Crippen molar-refractivity contribution in [1.82, 2.24) is 14.5 Å². The molecule has 2 N–H and O–H groups in total. The smallest absolute Gasteiger partial charge is 0.285 e. The minimum Gasteiger partial charge on any atom is -0.285 e. The van der Waals surface area contributed by atoms with Gasteiger partial charge in [0.2, 0.25) is 0 Å². The molecule has 3 aromatic rings. The number of hydrogen-bond donors (Lipinski definition) is 1. The van der Waals surface area contributed by atoms with Gasteiger partial charge in [-0.15, -0.1) is 4.68 Å². The third-order valence-corrected chi connectivity index (χ3v) is 2.85. The Morgan fingerprint density at radius 2 is 1.83 bits per heavy atom. The highest BCUT2D eigenvalue weighted by molar-refractivity contribution is 5.35. The molecule has 2 heterocycles. The minimum absolute atomic E-state index is 0.433. The van der Waals surface area contributed by atoms with Crippen LogP contribution in [0.5, 0.6) is 0 Å². The van der Waals surface area contributed by atoms with E-state index in [9.17, 15) is 0 Å². The second kappa shape index (κ2) is 3.80. The zero-order chi connectivity index (χ0) is 12.7. The molecule has 0 spiro atoms. The first-order valence-corrected chi connectivity index (χ1v) is 5.77. The van der Waals surface area contributed by atoms with Crippen LogP contribution < -0.4 is 10.4 Å². The van der Waals surface area contributed by atoms with Crippen LogP contribution in [0.1, 0.15) is 11.4 Å². The zero-order valence-corrected chi connectivity index (χ0v) is 10.3. The summed E-state index contributed by atoms with van der Waals surface area (Å²) in [5, 5.41) is 0. The van der Waals surface area contributed by atoms with Gasteiger partial charge in [-0.25, -0.2) is 0 Å². The first kappa shape index (κ1) is 10.7. The van der Waals surface area contributed by atoms with E-state index in [1.54, 1.807) is 0 Å². The second-order valence-corrected chi connectivity index (χ2v) is 4.27. The average molecular weight is 240 g/mol. The van der Waals surface area contributed by atoms with Crippen LogP contribution >= 0.6 is 0 Å². The Morgan fingerprint density at radius 3 is 2.56 bits per heavy atom. The molecule has 0 aliphatic heterocycles. The molecule has 3 rings (SSSR count). The Kier molecular flexibility index (Phi) is 2.26. The number of nitrogens with two attached hydrogens (primary N) is 1. The van der Waals surface area contributed by atoms with Crippen LogP contribution in [-0.2, 0) is 0 Å². The lowest BCUT2D eigenvalue weighted by molar-refractivity contribution is -0.655. The van der Waals surface area contributed by atoms with Crippen molar-refractivity contribution in [1.29, 1.82) is 0 Å². The topological polar surface area (TPSA) is 60.1 Å². The molecule has 5 heteroatoms. The van der Waals surface area contributed by atoms with Gasteiger partial charge in [0.05, 0.1) is 5.69 Å². The van der Waals surface area contributed by atoms with Crippen LogP contribution in [0.3, 0.4) is 0 Å². The Morgan fingerprint density at radius 1 is 1.11 bits per heavy atom. The molecule has 1 aromatic carbocycles. The molecule has 0 bridgehead atoms. The van der Waals surface area contributed by atoms with Gasteiger partial charge in [-0.1, -0.05) is 18.2 Å². The normalized spacial score (nSPS) is 11.0. The number of fused-ring (bicyclic) bond motifs is 1. The molecule has 0 saturated heterocycles. The lowest BCUT2D eigenvalue weighted by Crippen LogP contribution is -2.40. The average Bonchev–Trinajstić information content (AvgIpc) is 2.66. The molecule has 0 aliphatic rings. The van der Waals surface area contributed by atoms with Crippen molar-refractivity contribution >= 4 is 11.7 Å². The van der Waals surface area contributed by atoms with Crippen molar-refractivity contribution in [3.8, 4) is 5.69 Å². The van der Waals surface area contributed by atoms with Crippen LogP contribution in [0.25, 0.3) is 11.5 Å². The molecular weight excluding hydrogens is 226 g/mol. The maximum atomic E-state index is 6.00. The maximum Gasteiger partial charge on any atom is 0.416 e. The molecular formula is C13H14N5+. The summed E-state index contributed by atoms with van der Waals surface area (Å²) in [6.07, 6.45) is 0. The predicted molar refractivity (Wildman–Crippen MR) is 68.4 cm³/mol. The SMILES string of the molecule is Cc1cc(C)n2c(n1)nc(N)[n+]2-c1ccccc1. The predicted octanol–water partition coefficient (Wildman–Crippen LogP) is 1.21. The van der Waals surface area contributed by atoms with E-state index in [2.05, 4.69) is 9.97 Å². The number of hydrogen-bond acceptors (Lipinski definition) is 3. The van der Waals surface area contributed by atoms with Gasteiger partial charge in [0.25, 0.3) is 0 Å². The number of aromatic nitrogens is 4. The van der Waals surface area contributed by atoms with Gasteiger partial charge < -0.3 is 0 Å². The first-order chi connectivity index (χ1) is 8.66. The molecule has 0 radical (unpaired) electrons.